The molecule has 2 aliphatic rings. The van der Waals surface area contributed by atoms with E-state index >= 15 is 0 Å². The molecule has 1 atom stereocenters. The van der Waals surface area contributed by atoms with Crippen LogP contribution >= 0.6 is 22.9 Å². The van der Waals surface area contributed by atoms with Gasteiger partial charge in [0.1, 0.15) is 11.9 Å². The van der Waals surface area contributed by atoms with Crippen molar-refractivity contribution >= 4 is 40.7 Å². The zero-order valence-corrected chi connectivity index (χ0v) is 24.5. The highest BCUT2D eigenvalue weighted by molar-refractivity contribution is 7.11. The number of ether oxygens (including phenoxy) is 2. The van der Waals surface area contributed by atoms with Crippen LogP contribution in [0.4, 0.5) is 8.78 Å². The van der Waals surface area contributed by atoms with Gasteiger partial charge >= 0.3 is 11.9 Å². The number of benzene rings is 1. The maximum atomic E-state index is 14.6. The highest BCUT2D eigenvalue weighted by atomic mass is 35.5. The maximum absolute atomic E-state index is 14.6. The van der Waals surface area contributed by atoms with Gasteiger partial charge in [-0.3, -0.25) is 4.99 Å². The molecule has 1 fully saturated rings. The topological polar surface area (TPSA) is 116 Å². The molecule has 3 aromatic rings. The first-order valence-electron chi connectivity index (χ1n) is 13.6. The largest absolute Gasteiger partial charge is 0.463 e. The van der Waals surface area contributed by atoms with Crippen LogP contribution in [0, 0.1) is 17.6 Å². The molecule has 1 aliphatic carbocycles. The Bertz CT molecular complexity index is 1520. The molecule has 0 amide bonds. The lowest BCUT2D eigenvalue weighted by molar-refractivity contribution is -0.139. The summed E-state index contributed by atoms with van der Waals surface area (Å²) < 4.78 is 39.0. The molecule has 2 aromatic heterocycles. The van der Waals surface area contributed by atoms with Gasteiger partial charge in [-0.15, -0.1) is 11.3 Å². The van der Waals surface area contributed by atoms with Gasteiger partial charge < -0.3 is 14.8 Å². The number of aliphatic imine (C=N–C) groups is 1. The van der Waals surface area contributed by atoms with Gasteiger partial charge in [-0.25, -0.2) is 33.3 Å². The quantitative estimate of drug-likeness (QED) is 0.245. The Morgan fingerprint density at radius 2 is 1.67 bits per heavy atom. The first-order valence-corrected chi connectivity index (χ1v) is 14.9. The summed E-state index contributed by atoms with van der Waals surface area (Å²) in [5, 5.41) is 5.25. The van der Waals surface area contributed by atoms with Crippen molar-refractivity contribution in [1.82, 2.24) is 20.3 Å². The summed E-state index contributed by atoms with van der Waals surface area (Å²) in [5.41, 5.74) is 1.23. The number of halogens is 3. The summed E-state index contributed by atoms with van der Waals surface area (Å²) in [5.74, 6) is -2.42. The molecule has 0 bridgehead atoms. The van der Waals surface area contributed by atoms with Crippen molar-refractivity contribution in [3.63, 3.8) is 0 Å². The lowest BCUT2D eigenvalue weighted by Crippen LogP contribution is -2.38. The maximum Gasteiger partial charge on any atom is 0.341 e. The van der Waals surface area contributed by atoms with E-state index in [1.165, 1.54) is 29.8 Å². The summed E-state index contributed by atoms with van der Waals surface area (Å²) >= 11 is 7.63. The Hall–Kier alpha value is -3.77. The van der Waals surface area contributed by atoms with Gasteiger partial charge in [0.05, 0.1) is 29.4 Å². The van der Waals surface area contributed by atoms with E-state index in [0.29, 0.717) is 53.6 Å². The lowest BCUT2D eigenvalue weighted by Gasteiger charge is -2.35. The van der Waals surface area contributed by atoms with Crippen LogP contribution in [-0.2, 0) is 14.3 Å². The second kappa shape index (κ2) is 13.0. The summed E-state index contributed by atoms with van der Waals surface area (Å²) in [7, 11) is 0. The molecule has 5 rings (SSSR count). The highest BCUT2D eigenvalue weighted by Gasteiger charge is 2.39. The van der Waals surface area contributed by atoms with Gasteiger partial charge in [0, 0.05) is 41.1 Å². The van der Waals surface area contributed by atoms with Crippen molar-refractivity contribution in [2.24, 2.45) is 10.9 Å². The Morgan fingerprint density at radius 1 is 1.00 bits per heavy atom. The second-order valence-corrected chi connectivity index (χ2v) is 11.0. The summed E-state index contributed by atoms with van der Waals surface area (Å²) in [4.78, 5) is 43.3. The normalized spacial score (nSPS) is 20.5. The molecule has 0 spiro atoms. The number of aromatic nitrogens is 3. The molecule has 1 aromatic carbocycles. The van der Waals surface area contributed by atoms with Crippen LogP contribution in [0.15, 0.2) is 52.4 Å². The van der Waals surface area contributed by atoms with Crippen molar-refractivity contribution in [2.45, 2.75) is 51.5 Å². The van der Waals surface area contributed by atoms with Gasteiger partial charge in [-0.1, -0.05) is 17.7 Å². The number of amidine groups is 1. The SMILES string of the molecule is CCOC(=O)C1=C(C2CCC(c3ncc(C(=O)OCC)cn3)CC2)NC(c2nccs2)=NC1c1ccc(F)c(F)c1Cl. The molecule has 1 unspecified atom stereocenters. The van der Waals surface area contributed by atoms with Crippen molar-refractivity contribution < 1.29 is 27.8 Å². The number of thiazole rings is 1. The Labute approximate surface area is 250 Å². The van der Waals surface area contributed by atoms with Crippen molar-refractivity contribution in [1.29, 1.82) is 0 Å². The monoisotopic (exact) mass is 615 g/mol. The molecule has 0 saturated heterocycles. The van der Waals surface area contributed by atoms with E-state index in [0.717, 1.165) is 6.07 Å². The standard InChI is InChI=1S/C29H28ClF2N5O4S/c1-3-40-28(38)17-13-34-25(35-14-17)16-7-5-15(6-8-16)23-20(29(39)41-4-2)24(18-9-10-19(31)22(32)21(18)30)37-26(36-23)27-33-11-12-42-27/h9-16,24H,3-8H2,1-2H3,(H,36,37). The molecule has 1 aliphatic heterocycles. The third kappa shape index (κ3) is 6.05. The third-order valence-electron chi connectivity index (χ3n) is 7.25. The summed E-state index contributed by atoms with van der Waals surface area (Å²) in [6, 6.07) is 1.27. The molecule has 3 heterocycles. The first-order chi connectivity index (χ1) is 20.3. The number of nitrogens with zero attached hydrogens (tertiary/aromatic N) is 4. The zero-order chi connectivity index (χ0) is 29.8. The predicted octanol–water partition coefficient (Wildman–Crippen LogP) is 5.92. The number of carbonyl (C=O) groups is 2. The smallest absolute Gasteiger partial charge is 0.341 e. The predicted molar refractivity (Wildman–Crippen MR) is 152 cm³/mol. The Balaban J connectivity index is 1.48. The van der Waals surface area contributed by atoms with Crippen LogP contribution in [0.1, 0.15) is 78.2 Å². The van der Waals surface area contributed by atoms with Crippen molar-refractivity contribution in [3.8, 4) is 0 Å². The molecule has 13 heteroatoms. The number of esters is 2. The number of rotatable bonds is 8. The van der Waals surface area contributed by atoms with Crippen LogP contribution in [-0.4, -0.2) is 45.9 Å². The first kappa shape index (κ1) is 29.7. The average Bonchev–Trinajstić information content (AvgIpc) is 3.55. The van der Waals surface area contributed by atoms with Crippen LogP contribution < -0.4 is 5.32 Å². The minimum Gasteiger partial charge on any atom is -0.463 e. The molecule has 220 valence electrons. The molecular weight excluding hydrogens is 588 g/mol. The molecule has 9 nitrogen and oxygen atoms in total. The summed E-state index contributed by atoms with van der Waals surface area (Å²) in [6.45, 7) is 3.80. The lowest BCUT2D eigenvalue weighted by atomic mass is 9.77. The zero-order valence-electron chi connectivity index (χ0n) is 22.9. The molecule has 1 saturated carbocycles. The number of carbonyl (C=O) groups excluding carboxylic acids is 2. The number of hydrogen-bond acceptors (Lipinski definition) is 10. The van der Waals surface area contributed by atoms with Crippen LogP contribution in [0.5, 0.6) is 0 Å². The average molecular weight is 616 g/mol. The van der Waals surface area contributed by atoms with Gasteiger partial charge in [-0.05, 0) is 51.5 Å². The Kier molecular flexibility index (Phi) is 9.22. The molecule has 0 radical (unpaired) electrons. The summed E-state index contributed by atoms with van der Waals surface area (Å²) in [6.07, 6.45) is 7.35. The fourth-order valence-corrected chi connectivity index (χ4v) is 6.10. The number of allylic oxidation sites excluding steroid dienone is 1. The van der Waals surface area contributed by atoms with E-state index in [2.05, 4.69) is 20.3 Å². The number of hydrogen-bond donors (Lipinski definition) is 1. The van der Waals surface area contributed by atoms with E-state index in [1.54, 1.807) is 25.4 Å². The van der Waals surface area contributed by atoms with E-state index in [4.69, 9.17) is 26.1 Å². The van der Waals surface area contributed by atoms with Gasteiger partial charge in [0.15, 0.2) is 22.5 Å². The van der Waals surface area contributed by atoms with Crippen molar-refractivity contribution in [3.05, 3.63) is 86.0 Å². The van der Waals surface area contributed by atoms with Crippen LogP contribution in [0.3, 0.4) is 0 Å². The third-order valence-corrected chi connectivity index (χ3v) is 8.41. The van der Waals surface area contributed by atoms with E-state index in [9.17, 15) is 18.4 Å². The van der Waals surface area contributed by atoms with Crippen molar-refractivity contribution in [2.75, 3.05) is 13.2 Å². The van der Waals surface area contributed by atoms with Gasteiger partial charge in [0.25, 0.3) is 0 Å². The fourth-order valence-electron chi connectivity index (χ4n) is 5.26. The van der Waals surface area contributed by atoms with Crippen LogP contribution in [0.25, 0.3) is 0 Å². The number of nitrogens with one attached hydrogen (secondary N) is 1. The Morgan fingerprint density at radius 3 is 2.31 bits per heavy atom. The van der Waals surface area contributed by atoms with Crippen LogP contribution in [0.2, 0.25) is 5.02 Å². The van der Waals surface area contributed by atoms with Gasteiger partial charge in [0.2, 0.25) is 0 Å². The molecular formula is C29H28ClF2N5O4S. The van der Waals surface area contributed by atoms with Gasteiger partial charge in [-0.2, -0.15) is 0 Å². The fraction of sp³-hybridized carbons (Fsp3) is 0.379. The second-order valence-electron chi connectivity index (χ2n) is 9.75. The highest BCUT2D eigenvalue weighted by Crippen LogP contribution is 2.43. The minimum absolute atomic E-state index is 0.0521. The van der Waals surface area contributed by atoms with E-state index in [-0.39, 0.29) is 36.2 Å². The minimum atomic E-state index is -1.21. The molecule has 42 heavy (non-hydrogen) atoms. The van der Waals surface area contributed by atoms with E-state index in [1.807, 2.05) is 0 Å². The van der Waals surface area contributed by atoms with E-state index < -0.39 is 34.6 Å². The molecule has 1 N–H and O–H groups in total.